The molecule has 2 atom stereocenters. The number of β-lactam (4-membered cyclic amide) rings is 1. The predicted octanol–water partition coefficient (Wildman–Crippen LogP) is -0.951. The molecule has 2 heterocycles. The van der Waals surface area contributed by atoms with Gasteiger partial charge in [0.1, 0.15) is 11.4 Å². The Morgan fingerprint density at radius 3 is 2.38 bits per heavy atom. The third-order valence-corrected chi connectivity index (χ3v) is 6.01. The largest absolute Gasteiger partial charge is 2.00 e. The van der Waals surface area contributed by atoms with Crippen molar-refractivity contribution in [3.05, 3.63) is 0 Å². The number of fused-ring (bicyclic) bond motifs is 1. The summed E-state index contributed by atoms with van der Waals surface area (Å²) in [5.41, 5.74) is 0. The molecule has 0 saturated carbocycles. The normalized spacial score (nSPS) is 33.6. The van der Waals surface area contributed by atoms with Crippen LogP contribution in [0.25, 0.3) is 0 Å². The summed E-state index contributed by atoms with van der Waals surface area (Å²) in [5.74, 6) is -1.67. The van der Waals surface area contributed by atoms with Gasteiger partial charge in [0.25, 0.3) is 0 Å². The second-order valence-corrected chi connectivity index (χ2v) is 7.04. The molecule has 0 bridgehead atoms. The van der Waals surface area contributed by atoms with Crippen LogP contribution >= 0.6 is 0 Å². The molecule has 0 aromatic heterocycles. The number of amides is 1. The zero-order chi connectivity index (χ0) is 11.6. The van der Waals surface area contributed by atoms with Crippen LogP contribution in [0.1, 0.15) is 23.1 Å². The molecule has 0 radical (unpaired) electrons. The molecule has 6 nitrogen and oxygen atoms in total. The fourth-order valence-electron chi connectivity index (χ4n) is 2.23. The number of hydrogen-bond acceptors (Lipinski definition) is 4. The first kappa shape index (κ1) is 14.2. The third-order valence-electron chi connectivity index (χ3n) is 3.21. The van der Waals surface area contributed by atoms with Gasteiger partial charge in [0, 0.05) is 0 Å². The van der Waals surface area contributed by atoms with Gasteiger partial charge in [-0.3, -0.25) is 4.79 Å². The van der Waals surface area contributed by atoms with E-state index in [2.05, 4.69) is 0 Å². The topological polar surface area (TPSA) is 91.8 Å². The first-order chi connectivity index (χ1) is 6.71. The molecule has 2 aliphatic rings. The summed E-state index contributed by atoms with van der Waals surface area (Å²) in [6.45, 7) is 2.71. The van der Waals surface area contributed by atoms with Gasteiger partial charge in [0.2, 0.25) is 5.91 Å². The van der Waals surface area contributed by atoms with Crippen molar-refractivity contribution in [1.29, 1.82) is 0 Å². The van der Waals surface area contributed by atoms with E-state index in [0.29, 0.717) is 0 Å². The molecule has 2 rings (SSSR count). The summed E-state index contributed by atoms with van der Waals surface area (Å²) in [7, 11) is -3.57. The predicted molar refractivity (Wildman–Crippen MR) is 57.7 cm³/mol. The van der Waals surface area contributed by atoms with Crippen LogP contribution in [0.5, 0.6) is 0 Å². The minimum atomic E-state index is -3.57. The number of rotatable bonds is 1. The number of aliphatic carboxylic acids is 1. The van der Waals surface area contributed by atoms with Crippen LogP contribution < -0.4 is 0 Å². The van der Waals surface area contributed by atoms with E-state index in [0.717, 1.165) is 4.90 Å². The zero-order valence-corrected chi connectivity index (χ0v) is 12.0. The molecule has 0 aliphatic carbocycles. The summed E-state index contributed by atoms with van der Waals surface area (Å²) in [6.07, 6.45) is -0.0878. The van der Waals surface area contributed by atoms with Crippen LogP contribution in [-0.2, 0) is 19.4 Å². The van der Waals surface area contributed by atoms with Gasteiger partial charge in [-0.1, -0.05) is 0 Å². The standard InChI is InChI=1S/C8H11NO5S.Ca.2H/c1-8(2)6(7(11)12)9-4(10)3-5(9)15(8,13)14;;;/h5-6H,3H2,1-2H3,(H,11,12);;;/q;+2;2*-1/t5-,6+;;;/m1.../s1. The van der Waals surface area contributed by atoms with E-state index in [4.69, 9.17) is 5.11 Å². The van der Waals surface area contributed by atoms with E-state index in [1.807, 2.05) is 0 Å². The van der Waals surface area contributed by atoms with Crippen molar-refractivity contribution in [3.8, 4) is 0 Å². The van der Waals surface area contributed by atoms with Crippen LogP contribution in [0.4, 0.5) is 0 Å². The monoisotopic (exact) mass is 275 g/mol. The Balaban J connectivity index is 0. The van der Waals surface area contributed by atoms with Crippen LogP contribution in [0.2, 0.25) is 0 Å². The Kier molecular flexibility index (Phi) is 3.40. The Labute approximate surface area is 126 Å². The molecule has 8 heteroatoms. The summed E-state index contributed by atoms with van der Waals surface area (Å²) in [5, 5.41) is 8.03. The molecule has 0 spiro atoms. The fraction of sp³-hybridized carbons (Fsp3) is 0.750. The molecule has 2 fully saturated rings. The summed E-state index contributed by atoms with van der Waals surface area (Å²) < 4.78 is 22.4. The van der Waals surface area contributed by atoms with Crippen molar-refractivity contribution in [1.82, 2.24) is 4.90 Å². The maximum Gasteiger partial charge on any atom is 2.00 e. The Morgan fingerprint density at radius 1 is 1.56 bits per heavy atom. The SMILES string of the molecule is CC1(C)[C@H](C(=O)O)N2C(=O)C[C@H]2S1(=O)=O.[Ca+2].[H-].[H-]. The Hall–Kier alpha value is 0.150. The minimum Gasteiger partial charge on any atom is -1.00 e. The number of nitrogens with zero attached hydrogens (tertiary/aromatic N) is 1. The van der Waals surface area contributed by atoms with E-state index in [9.17, 15) is 18.0 Å². The maximum atomic E-state index is 11.9. The van der Waals surface area contributed by atoms with E-state index in [1.165, 1.54) is 13.8 Å². The fourth-order valence-corrected chi connectivity index (χ4v) is 4.36. The Bertz CT molecular complexity index is 466. The van der Waals surface area contributed by atoms with Crippen molar-refractivity contribution in [2.24, 2.45) is 0 Å². The molecular weight excluding hydrogens is 262 g/mol. The van der Waals surface area contributed by atoms with Gasteiger partial charge in [-0.2, -0.15) is 0 Å². The number of carboxylic acids is 1. The summed E-state index contributed by atoms with van der Waals surface area (Å²) in [6, 6.07) is -1.26. The van der Waals surface area contributed by atoms with Gasteiger partial charge in [-0.05, 0) is 13.8 Å². The van der Waals surface area contributed by atoms with Crippen LogP contribution in [-0.4, -0.2) is 84.2 Å². The number of carbonyl (C=O) groups excluding carboxylic acids is 1. The first-order valence-electron chi connectivity index (χ1n) is 4.48. The van der Waals surface area contributed by atoms with Crippen molar-refractivity contribution in [2.75, 3.05) is 0 Å². The molecular formula is C8H13CaNO5S. The van der Waals surface area contributed by atoms with E-state index >= 15 is 0 Å². The van der Waals surface area contributed by atoms with Crippen molar-refractivity contribution < 1.29 is 26.0 Å². The molecule has 0 aromatic rings. The number of sulfone groups is 1. The molecule has 2 aliphatic heterocycles. The number of hydrogen-bond donors (Lipinski definition) is 1. The first-order valence-corrected chi connectivity index (χ1v) is 6.03. The maximum absolute atomic E-state index is 11.9. The van der Waals surface area contributed by atoms with Gasteiger partial charge in [0.05, 0.1) is 11.2 Å². The minimum absolute atomic E-state index is 0. The van der Waals surface area contributed by atoms with E-state index < -0.39 is 37.9 Å². The molecule has 16 heavy (non-hydrogen) atoms. The van der Waals surface area contributed by atoms with Gasteiger partial charge in [0.15, 0.2) is 9.84 Å². The Morgan fingerprint density at radius 2 is 2.06 bits per heavy atom. The summed E-state index contributed by atoms with van der Waals surface area (Å²) >= 11 is 0. The van der Waals surface area contributed by atoms with Crippen molar-refractivity contribution >= 4 is 59.5 Å². The van der Waals surface area contributed by atoms with Gasteiger partial charge >= 0.3 is 43.7 Å². The van der Waals surface area contributed by atoms with Crippen molar-refractivity contribution in [2.45, 2.75) is 36.4 Å². The van der Waals surface area contributed by atoms with E-state index in [-0.39, 0.29) is 47.0 Å². The molecule has 0 aromatic carbocycles. The van der Waals surface area contributed by atoms with Crippen LogP contribution in [0, 0.1) is 0 Å². The second kappa shape index (κ2) is 3.83. The average molecular weight is 275 g/mol. The summed E-state index contributed by atoms with van der Waals surface area (Å²) in [4.78, 5) is 23.2. The average Bonchev–Trinajstić information content (AvgIpc) is 2.19. The van der Waals surface area contributed by atoms with Gasteiger partial charge in [-0.15, -0.1) is 0 Å². The van der Waals surface area contributed by atoms with Gasteiger partial charge in [-0.25, -0.2) is 13.2 Å². The molecule has 1 N–H and O–H groups in total. The molecule has 2 saturated heterocycles. The second-order valence-electron chi connectivity index (χ2n) is 4.35. The molecule has 1 amide bonds. The number of carboxylic acid groups (broad SMARTS) is 1. The smallest absolute Gasteiger partial charge is 1.00 e. The third kappa shape index (κ3) is 1.44. The van der Waals surface area contributed by atoms with E-state index in [1.54, 1.807) is 0 Å². The van der Waals surface area contributed by atoms with Crippen molar-refractivity contribution in [3.63, 3.8) is 0 Å². The molecule has 88 valence electrons. The zero-order valence-electron chi connectivity index (χ0n) is 11.0. The number of carbonyl (C=O) groups is 2. The molecule has 0 unspecified atom stereocenters. The quantitative estimate of drug-likeness (QED) is 0.492. The van der Waals surface area contributed by atoms with Crippen LogP contribution in [0.15, 0.2) is 0 Å². The van der Waals surface area contributed by atoms with Gasteiger partial charge < -0.3 is 12.9 Å². The van der Waals surface area contributed by atoms with Crippen LogP contribution in [0.3, 0.4) is 0 Å².